The Morgan fingerprint density at radius 3 is 2.03 bits per heavy atom. The molecule has 2 amide bonds. The number of nitrogens with zero attached hydrogens (tertiary/aromatic N) is 1. The monoisotopic (exact) mass is 517 g/mol. The van der Waals surface area contributed by atoms with E-state index in [0.717, 1.165) is 12.1 Å². The number of rotatable bonds is 10. The Balaban J connectivity index is 1.67. The molecule has 0 aliphatic carbocycles. The van der Waals surface area contributed by atoms with E-state index in [9.17, 15) is 26.8 Å². The molecule has 3 aromatic rings. The second-order valence-electron chi connectivity index (χ2n) is 7.81. The molecule has 1 atom stereocenters. The van der Waals surface area contributed by atoms with Crippen molar-refractivity contribution in [3.8, 4) is 5.75 Å². The van der Waals surface area contributed by atoms with Crippen molar-refractivity contribution in [2.24, 2.45) is 0 Å². The van der Waals surface area contributed by atoms with Gasteiger partial charge >= 0.3 is 0 Å². The molecule has 190 valence electrons. The number of ether oxygens (including phenoxy) is 1. The van der Waals surface area contributed by atoms with Gasteiger partial charge in [0.25, 0.3) is 15.9 Å². The summed E-state index contributed by atoms with van der Waals surface area (Å²) < 4.78 is 59.2. The summed E-state index contributed by atoms with van der Waals surface area (Å²) in [6.45, 7) is 1.21. The van der Waals surface area contributed by atoms with E-state index in [1.54, 1.807) is 6.92 Å². The van der Waals surface area contributed by atoms with Crippen LogP contribution < -0.4 is 14.8 Å². The molecule has 0 unspecified atom stereocenters. The lowest BCUT2D eigenvalue weighted by atomic mass is 10.1. The van der Waals surface area contributed by atoms with Crippen molar-refractivity contribution in [1.29, 1.82) is 0 Å². The van der Waals surface area contributed by atoms with Gasteiger partial charge in [-0.2, -0.15) is 0 Å². The fraction of sp³-hybridized carbons (Fsp3) is 0.200. The van der Waals surface area contributed by atoms with Crippen LogP contribution in [0.3, 0.4) is 0 Å². The Hall–Kier alpha value is -3.99. The lowest BCUT2D eigenvalue weighted by molar-refractivity contribution is -0.142. The summed E-state index contributed by atoms with van der Waals surface area (Å²) in [6, 6.07) is 15.0. The Bertz CT molecular complexity index is 1300. The van der Waals surface area contributed by atoms with Crippen LogP contribution in [-0.4, -0.2) is 44.8 Å². The zero-order valence-electron chi connectivity index (χ0n) is 19.6. The predicted molar refractivity (Wildman–Crippen MR) is 130 cm³/mol. The van der Waals surface area contributed by atoms with Crippen molar-refractivity contribution >= 4 is 27.5 Å². The number of likely N-dealkylation sites (N-methyl/N-ethyl adjacent to an activating group) is 1. The molecule has 0 fully saturated rings. The molecule has 0 saturated carbocycles. The van der Waals surface area contributed by atoms with E-state index in [4.69, 9.17) is 4.74 Å². The first kappa shape index (κ1) is 26.6. The van der Waals surface area contributed by atoms with Crippen molar-refractivity contribution in [3.05, 3.63) is 90.0 Å². The molecule has 36 heavy (non-hydrogen) atoms. The van der Waals surface area contributed by atoms with E-state index in [1.165, 1.54) is 72.6 Å². The predicted octanol–water partition coefficient (Wildman–Crippen LogP) is 3.31. The number of hydrogen-bond donors (Lipinski definition) is 2. The van der Waals surface area contributed by atoms with Crippen LogP contribution in [0, 0.1) is 11.6 Å². The highest BCUT2D eigenvalue weighted by Gasteiger charge is 2.26. The molecule has 8 nitrogen and oxygen atoms in total. The lowest BCUT2D eigenvalue weighted by Crippen LogP contribution is -2.48. The Labute approximate surface area is 207 Å². The first-order chi connectivity index (χ1) is 17.1. The van der Waals surface area contributed by atoms with Crippen molar-refractivity contribution in [3.63, 3.8) is 0 Å². The maximum atomic E-state index is 13.2. The van der Waals surface area contributed by atoms with Gasteiger partial charge in [-0.3, -0.25) is 14.3 Å². The molecule has 0 aromatic heterocycles. The average molecular weight is 518 g/mol. The van der Waals surface area contributed by atoms with Crippen LogP contribution in [0.5, 0.6) is 5.75 Å². The number of amides is 2. The maximum Gasteiger partial charge on any atom is 0.261 e. The maximum absolute atomic E-state index is 13.2. The van der Waals surface area contributed by atoms with Gasteiger partial charge in [0.1, 0.15) is 23.4 Å². The standard InChI is InChI=1S/C25H25F2N3O5S/c1-17(25(32)28-2)30(15-18-3-5-19(26)6-4-18)24(31)16-35-22-11-13-23(14-12-22)36(33,34)29-21-9-7-20(27)8-10-21/h3-14,17,29H,15-16H2,1-2H3,(H,28,32)/t17-/m0/s1. The van der Waals surface area contributed by atoms with Crippen LogP contribution >= 0.6 is 0 Å². The smallest absolute Gasteiger partial charge is 0.261 e. The first-order valence-corrected chi connectivity index (χ1v) is 12.3. The second-order valence-corrected chi connectivity index (χ2v) is 9.49. The number of nitrogens with one attached hydrogen (secondary N) is 2. The third-order valence-electron chi connectivity index (χ3n) is 5.27. The topological polar surface area (TPSA) is 105 Å². The Morgan fingerprint density at radius 2 is 1.47 bits per heavy atom. The first-order valence-electron chi connectivity index (χ1n) is 10.9. The van der Waals surface area contributed by atoms with Gasteiger partial charge in [-0.25, -0.2) is 17.2 Å². The summed E-state index contributed by atoms with van der Waals surface area (Å²) in [6.07, 6.45) is 0. The average Bonchev–Trinajstić information content (AvgIpc) is 2.87. The quantitative estimate of drug-likeness (QED) is 0.430. The molecular formula is C25H25F2N3O5S. The number of carbonyl (C=O) groups excluding carboxylic acids is 2. The molecule has 3 aromatic carbocycles. The number of hydrogen-bond acceptors (Lipinski definition) is 5. The molecular weight excluding hydrogens is 492 g/mol. The van der Waals surface area contributed by atoms with Crippen LogP contribution in [0.1, 0.15) is 12.5 Å². The van der Waals surface area contributed by atoms with E-state index in [2.05, 4.69) is 10.0 Å². The molecule has 0 spiro atoms. The van der Waals surface area contributed by atoms with Crippen molar-refractivity contribution < 1.29 is 31.5 Å². The zero-order chi connectivity index (χ0) is 26.3. The SMILES string of the molecule is CNC(=O)[C@H](C)N(Cc1ccc(F)cc1)C(=O)COc1ccc(S(=O)(=O)Nc2ccc(F)cc2)cc1. The van der Waals surface area contributed by atoms with Gasteiger partial charge in [-0.05, 0) is 73.2 Å². The van der Waals surface area contributed by atoms with E-state index in [-0.39, 0.29) is 28.8 Å². The van der Waals surface area contributed by atoms with Crippen molar-refractivity contribution in [2.45, 2.75) is 24.4 Å². The molecule has 2 N–H and O–H groups in total. The minimum absolute atomic E-state index is 0.0586. The van der Waals surface area contributed by atoms with E-state index >= 15 is 0 Å². The normalized spacial score (nSPS) is 11.9. The highest BCUT2D eigenvalue weighted by molar-refractivity contribution is 7.92. The van der Waals surface area contributed by atoms with Crippen LogP contribution in [-0.2, 0) is 26.2 Å². The van der Waals surface area contributed by atoms with Crippen molar-refractivity contribution in [1.82, 2.24) is 10.2 Å². The molecule has 0 radical (unpaired) electrons. The number of carbonyl (C=O) groups is 2. The fourth-order valence-electron chi connectivity index (χ4n) is 3.25. The largest absolute Gasteiger partial charge is 0.484 e. The zero-order valence-corrected chi connectivity index (χ0v) is 20.4. The number of anilines is 1. The summed E-state index contributed by atoms with van der Waals surface area (Å²) in [5.41, 5.74) is 0.831. The molecule has 0 aliphatic heterocycles. The summed E-state index contributed by atoms with van der Waals surface area (Å²) in [4.78, 5) is 26.3. The van der Waals surface area contributed by atoms with Crippen molar-refractivity contribution in [2.75, 3.05) is 18.4 Å². The van der Waals surface area contributed by atoms with Crippen LogP contribution in [0.25, 0.3) is 0 Å². The van der Waals surface area contributed by atoms with Gasteiger partial charge in [0, 0.05) is 19.3 Å². The van der Waals surface area contributed by atoms with Gasteiger partial charge in [-0.15, -0.1) is 0 Å². The van der Waals surface area contributed by atoms with E-state index in [0.29, 0.717) is 5.56 Å². The Kier molecular flexibility index (Phi) is 8.59. The second kappa shape index (κ2) is 11.6. The van der Waals surface area contributed by atoms with Crippen LogP contribution in [0.15, 0.2) is 77.7 Å². The van der Waals surface area contributed by atoms with Gasteiger partial charge in [0.05, 0.1) is 4.90 Å². The highest BCUT2D eigenvalue weighted by atomic mass is 32.2. The van der Waals surface area contributed by atoms with Gasteiger partial charge < -0.3 is 15.0 Å². The molecule has 0 heterocycles. The van der Waals surface area contributed by atoms with Crippen LogP contribution in [0.4, 0.5) is 14.5 Å². The van der Waals surface area contributed by atoms with Gasteiger partial charge in [0.2, 0.25) is 5.91 Å². The Morgan fingerprint density at radius 1 is 0.917 bits per heavy atom. The molecule has 3 rings (SSSR count). The number of sulfonamides is 1. The summed E-state index contributed by atoms with van der Waals surface area (Å²) in [5, 5.41) is 2.49. The van der Waals surface area contributed by atoms with E-state index < -0.39 is 40.2 Å². The summed E-state index contributed by atoms with van der Waals surface area (Å²) in [7, 11) is -2.47. The third kappa shape index (κ3) is 7.01. The summed E-state index contributed by atoms with van der Waals surface area (Å²) in [5.74, 6) is -1.55. The van der Waals surface area contributed by atoms with E-state index in [1.807, 2.05) is 0 Å². The number of halogens is 2. The number of benzene rings is 3. The fourth-order valence-corrected chi connectivity index (χ4v) is 4.31. The van der Waals surface area contributed by atoms with Gasteiger partial charge in [-0.1, -0.05) is 12.1 Å². The molecule has 11 heteroatoms. The van der Waals surface area contributed by atoms with Gasteiger partial charge in [0.15, 0.2) is 6.61 Å². The summed E-state index contributed by atoms with van der Waals surface area (Å²) >= 11 is 0. The van der Waals surface area contributed by atoms with Crippen LogP contribution in [0.2, 0.25) is 0 Å². The third-order valence-corrected chi connectivity index (χ3v) is 6.67. The molecule has 0 saturated heterocycles. The highest BCUT2D eigenvalue weighted by Crippen LogP contribution is 2.20. The molecule has 0 aliphatic rings. The minimum atomic E-state index is -3.92. The molecule has 0 bridgehead atoms. The minimum Gasteiger partial charge on any atom is -0.484 e. The lowest BCUT2D eigenvalue weighted by Gasteiger charge is -2.28.